The lowest BCUT2D eigenvalue weighted by Crippen LogP contribution is -2.27. The lowest BCUT2D eigenvalue weighted by atomic mass is 9.64. The quantitative estimate of drug-likeness (QED) is 0.400. The van der Waals surface area contributed by atoms with Gasteiger partial charge in [0.1, 0.15) is 5.82 Å². The molecule has 0 bridgehead atoms. The van der Waals surface area contributed by atoms with Gasteiger partial charge >= 0.3 is 0 Å². The monoisotopic (exact) mass is 448 g/mol. The summed E-state index contributed by atoms with van der Waals surface area (Å²) in [4.78, 5) is 9.60. The van der Waals surface area contributed by atoms with Crippen LogP contribution < -0.4 is 0 Å². The van der Waals surface area contributed by atoms with Gasteiger partial charge < -0.3 is 0 Å². The van der Waals surface area contributed by atoms with Crippen LogP contribution in [-0.2, 0) is 0 Å². The van der Waals surface area contributed by atoms with E-state index in [1.165, 1.54) is 27.8 Å². The van der Waals surface area contributed by atoms with Crippen LogP contribution in [0.1, 0.15) is 70.3 Å². The molecule has 0 spiro atoms. The van der Waals surface area contributed by atoms with Crippen molar-refractivity contribution in [1.29, 1.82) is 0 Å². The molecule has 0 N–H and O–H groups in total. The van der Waals surface area contributed by atoms with Crippen LogP contribution in [-0.4, -0.2) is 9.97 Å². The second kappa shape index (κ2) is 9.54. The van der Waals surface area contributed by atoms with Crippen LogP contribution >= 0.6 is 0 Å². The summed E-state index contributed by atoms with van der Waals surface area (Å²) in [7, 11) is 0. The Morgan fingerprint density at radius 3 is 1.91 bits per heavy atom. The molecule has 0 amide bonds. The topological polar surface area (TPSA) is 25.8 Å². The van der Waals surface area contributed by atoms with Gasteiger partial charge in [-0.1, -0.05) is 120 Å². The van der Waals surface area contributed by atoms with Crippen molar-refractivity contribution in [2.45, 2.75) is 53.4 Å². The second-order valence-electron chi connectivity index (χ2n) is 11.2. The number of allylic oxidation sites excluding steroid dienone is 6. The molecule has 0 radical (unpaired) electrons. The first-order valence-electron chi connectivity index (χ1n) is 12.2. The highest BCUT2D eigenvalue weighted by atomic mass is 14.9. The van der Waals surface area contributed by atoms with Gasteiger partial charge in [0.25, 0.3) is 0 Å². The lowest BCUT2D eigenvalue weighted by molar-refractivity contribution is 0.345. The zero-order chi connectivity index (χ0) is 24.3. The van der Waals surface area contributed by atoms with Gasteiger partial charge in [-0.15, -0.1) is 0 Å². The minimum atomic E-state index is -0.0551. The third kappa shape index (κ3) is 4.97. The molecule has 0 fully saturated rings. The molecular weight excluding hydrogens is 412 g/mol. The number of benzene rings is 2. The predicted octanol–water partition coefficient (Wildman–Crippen LogP) is 8.39. The van der Waals surface area contributed by atoms with E-state index in [1.807, 2.05) is 18.5 Å². The molecule has 34 heavy (non-hydrogen) atoms. The first-order chi connectivity index (χ1) is 16.2. The zero-order valence-electron chi connectivity index (χ0n) is 21.3. The molecule has 1 aliphatic rings. The minimum Gasteiger partial charge on any atom is -0.240 e. The van der Waals surface area contributed by atoms with Gasteiger partial charge in [-0.05, 0) is 44.7 Å². The van der Waals surface area contributed by atoms with E-state index in [4.69, 9.17) is 9.97 Å². The zero-order valence-corrected chi connectivity index (χ0v) is 21.3. The minimum absolute atomic E-state index is 0.0190. The molecule has 1 aliphatic carbocycles. The molecule has 1 aromatic heterocycles. The summed E-state index contributed by atoms with van der Waals surface area (Å²) < 4.78 is 0. The molecule has 4 rings (SSSR count). The SMILES string of the molecule is CC(C)(C)/C(=C1/C=CC=C(C(c2ccccc2)C(C)(C)C)C1c1ncccn1)c1ccccc1. The first kappa shape index (κ1) is 23.9. The average molecular weight is 449 g/mol. The Kier molecular flexibility index (Phi) is 6.70. The van der Waals surface area contributed by atoms with Crippen LogP contribution in [0.2, 0.25) is 0 Å². The van der Waals surface area contributed by atoms with Gasteiger partial charge in [0, 0.05) is 18.3 Å². The second-order valence-corrected chi connectivity index (χ2v) is 11.2. The fourth-order valence-corrected chi connectivity index (χ4v) is 5.35. The summed E-state index contributed by atoms with van der Waals surface area (Å²) in [5, 5.41) is 0. The Bertz CT molecular complexity index is 1190. The highest BCUT2D eigenvalue weighted by Crippen LogP contribution is 2.52. The summed E-state index contributed by atoms with van der Waals surface area (Å²) in [5.74, 6) is 1.06. The van der Waals surface area contributed by atoms with E-state index in [1.54, 1.807) is 0 Å². The van der Waals surface area contributed by atoms with Crippen LogP contribution in [0.25, 0.3) is 5.57 Å². The number of aromatic nitrogens is 2. The van der Waals surface area contributed by atoms with E-state index < -0.39 is 0 Å². The Labute approximate surface area is 205 Å². The Balaban J connectivity index is 2.02. The molecule has 2 nitrogen and oxygen atoms in total. The van der Waals surface area contributed by atoms with Gasteiger partial charge in [-0.25, -0.2) is 9.97 Å². The van der Waals surface area contributed by atoms with Crippen molar-refractivity contribution in [1.82, 2.24) is 9.97 Å². The Hall–Kier alpha value is -3.26. The highest BCUT2D eigenvalue weighted by Gasteiger charge is 2.39. The lowest BCUT2D eigenvalue weighted by Gasteiger charge is -2.39. The van der Waals surface area contributed by atoms with Gasteiger partial charge in [0.05, 0.1) is 5.92 Å². The van der Waals surface area contributed by atoms with Crippen LogP contribution in [0.3, 0.4) is 0 Å². The average Bonchev–Trinajstić information content (AvgIpc) is 2.80. The Morgan fingerprint density at radius 2 is 1.35 bits per heavy atom. The predicted molar refractivity (Wildman–Crippen MR) is 143 cm³/mol. The van der Waals surface area contributed by atoms with Gasteiger partial charge in [-0.2, -0.15) is 0 Å². The van der Waals surface area contributed by atoms with Crippen LogP contribution in [0.15, 0.2) is 108 Å². The molecule has 3 aromatic rings. The molecular formula is C32H36N2. The molecule has 0 saturated carbocycles. The van der Waals surface area contributed by atoms with Crippen molar-refractivity contribution in [3.8, 4) is 0 Å². The highest BCUT2D eigenvalue weighted by molar-refractivity contribution is 5.77. The summed E-state index contributed by atoms with van der Waals surface area (Å²) >= 11 is 0. The van der Waals surface area contributed by atoms with E-state index in [2.05, 4.69) is 120 Å². The molecule has 0 saturated heterocycles. The molecule has 0 aliphatic heterocycles. The van der Waals surface area contributed by atoms with E-state index >= 15 is 0 Å². The molecule has 2 atom stereocenters. The van der Waals surface area contributed by atoms with Crippen LogP contribution in [0.5, 0.6) is 0 Å². The molecule has 2 heteroatoms. The molecule has 2 unspecified atom stereocenters. The van der Waals surface area contributed by atoms with Crippen LogP contribution in [0, 0.1) is 10.8 Å². The van der Waals surface area contributed by atoms with E-state index in [0.717, 1.165) is 5.82 Å². The van der Waals surface area contributed by atoms with Gasteiger partial charge in [0.15, 0.2) is 0 Å². The number of rotatable bonds is 4. The molecule has 2 aromatic carbocycles. The van der Waals surface area contributed by atoms with Gasteiger partial charge in [-0.3, -0.25) is 0 Å². The maximum Gasteiger partial charge on any atom is 0.139 e. The summed E-state index contributed by atoms with van der Waals surface area (Å²) in [6, 6.07) is 23.6. The number of nitrogens with zero attached hydrogens (tertiary/aromatic N) is 2. The third-order valence-electron chi connectivity index (χ3n) is 6.49. The smallest absolute Gasteiger partial charge is 0.139 e. The summed E-state index contributed by atoms with van der Waals surface area (Å²) in [6.07, 6.45) is 10.5. The van der Waals surface area contributed by atoms with Crippen molar-refractivity contribution >= 4 is 5.57 Å². The van der Waals surface area contributed by atoms with E-state index in [9.17, 15) is 0 Å². The van der Waals surface area contributed by atoms with Crippen LogP contribution in [0.4, 0.5) is 0 Å². The summed E-state index contributed by atoms with van der Waals surface area (Å²) in [5.41, 5.74) is 6.52. The summed E-state index contributed by atoms with van der Waals surface area (Å²) in [6.45, 7) is 13.9. The van der Waals surface area contributed by atoms with Crippen molar-refractivity contribution < 1.29 is 0 Å². The largest absolute Gasteiger partial charge is 0.240 e. The van der Waals surface area contributed by atoms with Crippen molar-refractivity contribution in [2.24, 2.45) is 10.8 Å². The standard InChI is InChI=1S/C32H36N2/c1-31(2,3)28(23-15-9-7-10-16-23)25-19-13-20-26(27(25)30-33-21-14-22-34-30)29(32(4,5)6)24-17-11-8-12-18-24/h7-22,27-28H,1-6H3/b29-26-. The van der Waals surface area contributed by atoms with E-state index in [0.29, 0.717) is 0 Å². The maximum absolute atomic E-state index is 4.80. The maximum atomic E-state index is 4.80. The fraction of sp³-hybridized carbons (Fsp3) is 0.312. The van der Waals surface area contributed by atoms with Crippen molar-refractivity contribution in [3.05, 3.63) is 125 Å². The molecule has 174 valence electrons. The fourth-order valence-electron chi connectivity index (χ4n) is 5.35. The van der Waals surface area contributed by atoms with Crippen molar-refractivity contribution in [3.63, 3.8) is 0 Å². The molecule has 1 heterocycles. The van der Waals surface area contributed by atoms with Crippen molar-refractivity contribution in [2.75, 3.05) is 0 Å². The third-order valence-corrected chi connectivity index (χ3v) is 6.49. The Morgan fingerprint density at radius 1 is 0.765 bits per heavy atom. The normalized spacial score (nSPS) is 18.9. The number of hydrogen-bond acceptors (Lipinski definition) is 2. The van der Waals surface area contributed by atoms with E-state index in [-0.39, 0.29) is 22.7 Å². The van der Waals surface area contributed by atoms with Gasteiger partial charge in [0.2, 0.25) is 0 Å². The first-order valence-corrected chi connectivity index (χ1v) is 12.2. The number of hydrogen-bond donors (Lipinski definition) is 0.